The molecule has 0 radical (unpaired) electrons. The van der Waals surface area contributed by atoms with Crippen LogP contribution in [0.1, 0.15) is 0 Å². The van der Waals surface area contributed by atoms with Gasteiger partial charge in [-0.1, -0.05) is 50.7 Å². The maximum absolute atomic E-state index is 3.82. The van der Waals surface area contributed by atoms with Crippen LogP contribution in [-0.2, 0) is 53.8 Å². The third-order valence-corrected chi connectivity index (χ3v) is 4.45. The average molecular weight is 1950 g/mol. The third kappa shape index (κ3) is 23.8. The second-order valence-electron chi connectivity index (χ2n) is 7.14. The number of hydrogen-bond donors (Lipinski definition) is 8. The van der Waals surface area contributed by atoms with Gasteiger partial charge in [0.05, 0.1) is 0 Å². The molecule has 0 bridgehead atoms. The molecule has 304 valence electrons. The van der Waals surface area contributed by atoms with E-state index in [1.807, 2.05) is 0 Å². The Bertz CT molecular complexity index is 820. The molecule has 0 aromatic carbocycles. The van der Waals surface area contributed by atoms with Crippen molar-refractivity contribution in [1.82, 2.24) is 84.3 Å². The van der Waals surface area contributed by atoms with E-state index in [-0.39, 0.29) is 53.8 Å². The van der Waals surface area contributed by atoms with E-state index in [1.54, 1.807) is 145 Å². The van der Waals surface area contributed by atoms with Crippen molar-refractivity contribution in [2.45, 2.75) is 0 Å². The minimum absolute atomic E-state index is 0.0417. The van der Waals surface area contributed by atoms with Crippen LogP contribution in [-0.4, -0.2) is 91.7 Å². The summed E-state index contributed by atoms with van der Waals surface area (Å²) >= 11 is 25.8. The van der Waals surface area contributed by atoms with Gasteiger partial charge >= 0.3 is 162 Å². The van der Waals surface area contributed by atoms with Crippen LogP contribution >= 0.6 is 108 Å². The summed E-state index contributed by atoms with van der Waals surface area (Å²) in [5, 5.41) is 13.2. The number of hydrogen-bond acceptors (Lipinski definition) is 24. The van der Waals surface area contributed by atoms with Gasteiger partial charge in [0.25, 0.3) is 0 Å². The minimum atomic E-state index is 0.0417. The van der Waals surface area contributed by atoms with E-state index in [0.717, 1.165) is 0 Å². The molecule has 0 amide bonds. The van der Waals surface area contributed by atoms with Crippen LogP contribution in [0.5, 0.6) is 0 Å². The van der Waals surface area contributed by atoms with Crippen LogP contribution in [0.2, 0.25) is 0 Å². The Morgan fingerprint density at radius 2 is 0.365 bits per heavy atom. The summed E-state index contributed by atoms with van der Waals surface area (Å²) in [6.07, 6.45) is 12.6. The summed E-state index contributed by atoms with van der Waals surface area (Å²) in [7, 11) is 0. The van der Waals surface area contributed by atoms with Crippen molar-refractivity contribution >= 4 is 159 Å². The van der Waals surface area contributed by atoms with Gasteiger partial charge in [0.2, 0.25) is 0 Å². The van der Waals surface area contributed by atoms with Crippen molar-refractivity contribution in [3.8, 4) is 0 Å². The van der Waals surface area contributed by atoms with E-state index in [2.05, 4.69) is 192 Å². The zero-order valence-electron chi connectivity index (χ0n) is 24.8. The molecule has 8 aliphatic rings. The molecule has 0 aromatic heterocycles. The maximum atomic E-state index is 3.82. The summed E-state index contributed by atoms with van der Waals surface area (Å²) in [4.78, 5) is 30.5. The fraction of sp³-hybridized carbons (Fsp3) is 0. The standard InChI is InChI=1S/4C4H6N6.8BrH.4Os/c4*1-5-3-9(7-1)10-4-6-2-8-10;;;;;;;;;;;;/h4*1-4H,(H,5,7)(H,6,8);8*1H;;;;/q4*-2;;;;;;;;;4*+2/p-8. The van der Waals surface area contributed by atoms with E-state index in [4.69, 9.17) is 0 Å². The van der Waals surface area contributed by atoms with Gasteiger partial charge < -0.3 is 83.3 Å². The molecule has 8 heterocycles. The van der Waals surface area contributed by atoms with E-state index in [9.17, 15) is 0 Å². The Morgan fingerprint density at radius 3 is 0.423 bits per heavy atom. The molecule has 0 aliphatic carbocycles. The van der Waals surface area contributed by atoms with Crippen LogP contribution in [0.3, 0.4) is 0 Å². The van der Waals surface area contributed by atoms with Crippen molar-refractivity contribution in [2.24, 2.45) is 39.9 Å². The normalized spacial score (nSPS) is 19.8. The summed E-state index contributed by atoms with van der Waals surface area (Å²) in [6, 6.07) is 0. The second-order valence-corrected chi connectivity index (χ2v) is 51.6. The molecule has 0 aromatic rings. The number of aliphatic imine (C=N–C) groups is 8. The molecule has 0 spiro atoms. The molecule has 24 nitrogen and oxygen atoms in total. The molecular formula is C16H24Br8N24Os4-8. The van der Waals surface area contributed by atoms with Gasteiger partial charge in [0.15, 0.2) is 0 Å². The molecular weight excluding hydrogens is 1930 g/mol. The SMILES string of the molecule is C1=N[CH-]N(N2[CH-]N=CN2)N1.C1=N[CH-]N(N2[CH-]N=CN2)N1.C1=N[CH-]N(N2[CH-]N=CN2)N1.C1=N[CH-]N(N2[CH-]N=CN2)N1.[Br][Os][Br].[Br][Os][Br].[Br][Os][Br].[Br][Os][Br]. The fourth-order valence-corrected chi connectivity index (χ4v) is 2.72. The first-order valence-electron chi connectivity index (χ1n) is 12.2. The number of halogens is 8. The van der Waals surface area contributed by atoms with Crippen molar-refractivity contribution < 1.29 is 53.8 Å². The first-order chi connectivity index (χ1) is 25.5. The zero-order valence-corrected chi connectivity index (χ0v) is 47.7. The summed E-state index contributed by atoms with van der Waals surface area (Å²) in [5.41, 5.74) is 22.7. The van der Waals surface area contributed by atoms with E-state index >= 15 is 0 Å². The van der Waals surface area contributed by atoms with Gasteiger partial charge in [0.1, 0.15) is 0 Å². The van der Waals surface area contributed by atoms with E-state index < -0.39 is 0 Å². The molecule has 0 unspecified atom stereocenters. The van der Waals surface area contributed by atoms with Gasteiger partial charge in [-0.15, -0.1) is 0 Å². The first-order valence-corrected chi connectivity index (χ1v) is 56.6. The Morgan fingerprint density at radius 1 is 0.269 bits per heavy atom. The predicted molar refractivity (Wildman–Crippen MR) is 214 cm³/mol. The Labute approximate surface area is 385 Å². The number of hydrazine groups is 12. The average Bonchev–Trinajstić information content (AvgIpc) is 4.03. The van der Waals surface area contributed by atoms with Gasteiger partial charge in [-0.05, 0) is 53.3 Å². The quantitative estimate of drug-likeness (QED) is 0.189. The third-order valence-electron chi connectivity index (χ3n) is 4.45. The molecule has 0 saturated carbocycles. The monoisotopic (exact) mass is 1950 g/mol. The zero-order chi connectivity index (χ0) is 38.1. The molecule has 0 saturated heterocycles. The summed E-state index contributed by atoms with van der Waals surface area (Å²) in [6.45, 7) is 13.0. The Balaban J connectivity index is 0.000000315. The molecule has 8 N–H and O–H groups in total. The van der Waals surface area contributed by atoms with Crippen LogP contribution in [0.25, 0.3) is 0 Å². The molecule has 0 atom stereocenters. The Kier molecular flexibility index (Phi) is 35.3. The van der Waals surface area contributed by atoms with E-state index in [0.29, 0.717) is 0 Å². The van der Waals surface area contributed by atoms with Crippen molar-refractivity contribution in [3.05, 3.63) is 53.3 Å². The van der Waals surface area contributed by atoms with Crippen molar-refractivity contribution in [1.29, 1.82) is 0 Å². The summed E-state index contributed by atoms with van der Waals surface area (Å²) in [5.74, 6) is 0. The van der Waals surface area contributed by atoms with Crippen molar-refractivity contribution in [3.63, 3.8) is 0 Å². The van der Waals surface area contributed by atoms with Gasteiger partial charge in [-0.3, -0.25) is 0 Å². The molecule has 36 heteroatoms. The molecule has 52 heavy (non-hydrogen) atoms. The second kappa shape index (κ2) is 36.1. The molecule has 8 rings (SSSR count). The van der Waals surface area contributed by atoms with Gasteiger partial charge in [0, 0.05) is 0 Å². The van der Waals surface area contributed by atoms with Crippen LogP contribution in [0.15, 0.2) is 39.9 Å². The first kappa shape index (κ1) is 50.8. The fourth-order valence-electron chi connectivity index (χ4n) is 2.72. The number of nitrogens with zero attached hydrogens (tertiary/aromatic N) is 16. The predicted octanol–water partition coefficient (Wildman–Crippen LogP) is 2.10. The van der Waals surface area contributed by atoms with Crippen molar-refractivity contribution in [2.75, 3.05) is 0 Å². The Hall–Kier alpha value is 0.785. The van der Waals surface area contributed by atoms with E-state index in [1.165, 1.54) is 0 Å². The van der Waals surface area contributed by atoms with Crippen LogP contribution < -0.4 is 43.4 Å². The number of rotatable bonds is 4. The topological polar surface area (TPSA) is 221 Å². The summed E-state index contributed by atoms with van der Waals surface area (Å²) < 4.78 is 0. The van der Waals surface area contributed by atoms with Crippen LogP contribution in [0.4, 0.5) is 0 Å². The number of nitrogens with one attached hydrogen (secondary N) is 8. The van der Waals surface area contributed by atoms with Crippen LogP contribution in [0, 0.1) is 53.3 Å². The molecule has 0 fully saturated rings. The van der Waals surface area contributed by atoms with Gasteiger partial charge in [-0.25, -0.2) is 40.9 Å². The van der Waals surface area contributed by atoms with Gasteiger partial charge in [-0.2, -0.15) is 0 Å². The molecule has 8 aliphatic heterocycles.